The summed E-state index contributed by atoms with van der Waals surface area (Å²) in [4.78, 5) is 0. The summed E-state index contributed by atoms with van der Waals surface area (Å²) in [6, 6.07) is 0. The summed E-state index contributed by atoms with van der Waals surface area (Å²) in [5, 5.41) is 0. The van der Waals surface area contributed by atoms with E-state index in [9.17, 15) is 0 Å². The fourth-order valence-electron chi connectivity index (χ4n) is 1.76. The first-order chi connectivity index (χ1) is 12.7. The van der Waals surface area contributed by atoms with E-state index in [1.807, 2.05) is 0 Å². The van der Waals surface area contributed by atoms with E-state index in [0.717, 1.165) is 24.3 Å². The zero-order chi connectivity index (χ0) is 20.7. The quantitative estimate of drug-likeness (QED) is 0.127. The van der Waals surface area contributed by atoms with Crippen LogP contribution in [0.4, 0.5) is 0 Å². The van der Waals surface area contributed by atoms with Crippen molar-refractivity contribution in [2.75, 3.05) is 11.5 Å². The molecule has 0 aliphatic rings. The maximum Gasteiger partial charge on any atom is 2.00 e. The minimum atomic E-state index is 0. The van der Waals surface area contributed by atoms with Gasteiger partial charge < -0.3 is 25.3 Å². The van der Waals surface area contributed by atoms with Crippen LogP contribution in [0.2, 0.25) is 0 Å². The van der Waals surface area contributed by atoms with Crippen molar-refractivity contribution in [3.8, 4) is 0 Å². The van der Waals surface area contributed by atoms with Gasteiger partial charge in [-0.05, 0) is 0 Å². The molecule has 0 rings (SSSR count). The Balaban J connectivity index is -0.0000000843. The molecule has 0 saturated heterocycles. The van der Waals surface area contributed by atoms with Crippen LogP contribution in [0.15, 0.2) is 0 Å². The molecule has 0 aromatic heterocycles. The minimum Gasteiger partial charge on any atom is -0.793 e. The summed E-state index contributed by atoms with van der Waals surface area (Å²) < 4.78 is 0. The number of hydrogen-bond donors (Lipinski definition) is 0. The molecule has 0 saturated carbocycles. The summed E-state index contributed by atoms with van der Waals surface area (Å²) in [5.41, 5.74) is 0. The molecule has 0 aromatic carbocycles. The Morgan fingerprint density at radius 3 is 0.852 bits per heavy atom. The molecule has 0 unspecified atom stereocenters. The molecule has 0 atom stereocenters. The van der Waals surface area contributed by atoms with E-state index < -0.39 is 0 Å². The summed E-state index contributed by atoms with van der Waals surface area (Å²) >= 11 is 9.66. The zero-order valence-corrected chi connectivity index (χ0v) is 23.9. The Labute approximate surface area is 204 Å². The molecule has 0 fully saturated rings. The molecule has 0 aliphatic heterocycles. The summed E-state index contributed by atoms with van der Waals surface area (Å²) in [6.45, 7) is 15.9. The van der Waals surface area contributed by atoms with Gasteiger partial charge in [-0.2, -0.15) is 11.5 Å². The van der Waals surface area contributed by atoms with Crippen molar-refractivity contribution in [2.24, 2.45) is 0 Å². The fraction of sp³-hybridized carbons (Fsp3) is 0.917. The van der Waals surface area contributed by atoms with Crippen LogP contribution < -0.4 is 0 Å². The van der Waals surface area contributed by atoms with Crippen molar-refractivity contribution in [3.63, 3.8) is 0 Å². The Bertz CT molecular complexity index is 132. The van der Waals surface area contributed by atoms with Crippen LogP contribution in [0.25, 0.3) is 0 Å². The topological polar surface area (TPSA) is 0 Å². The molecule has 0 amide bonds. The third-order valence-corrected chi connectivity index (χ3v) is 4.28. The van der Waals surface area contributed by atoms with Crippen molar-refractivity contribution >= 4 is 49.2 Å². The Morgan fingerprint density at radius 1 is 0.444 bits per heavy atom. The van der Waals surface area contributed by atoms with Gasteiger partial charge in [0.25, 0.3) is 0 Å². The van der Waals surface area contributed by atoms with Crippen LogP contribution in [-0.2, 0) is 25.3 Å². The first-order valence-electron chi connectivity index (χ1n) is 11.4. The SMILES string of the molecule is CCCCCCCC[S-].CCCCCCCC[S-].[CH2]CCC.[CH2]CCC.[Sn+2]. The number of rotatable bonds is 14. The maximum absolute atomic E-state index is 4.83. The van der Waals surface area contributed by atoms with Crippen molar-refractivity contribution < 1.29 is 0 Å². The Hall–Kier alpha value is 1.50. The average Bonchev–Trinajstić information content (AvgIpc) is 2.69. The number of hydrogen-bond acceptors (Lipinski definition) is 2. The second-order valence-electron chi connectivity index (χ2n) is 6.65. The molecule has 3 heteroatoms. The molecule has 27 heavy (non-hydrogen) atoms. The van der Waals surface area contributed by atoms with E-state index in [1.165, 1.54) is 89.9 Å². The molecule has 0 spiro atoms. The Kier molecular flexibility index (Phi) is 73.4. The smallest absolute Gasteiger partial charge is 0.793 e. The van der Waals surface area contributed by atoms with Gasteiger partial charge in [-0.1, -0.05) is 144 Å². The van der Waals surface area contributed by atoms with Crippen LogP contribution in [0.1, 0.15) is 130 Å². The first-order valence-corrected chi connectivity index (χ1v) is 12.6. The summed E-state index contributed by atoms with van der Waals surface area (Å²) in [7, 11) is 0. The van der Waals surface area contributed by atoms with Gasteiger partial charge >= 0.3 is 23.9 Å². The standard InChI is InChI=1S/2C8H18S.2C4H9.Sn/c2*1-2-3-4-5-6-7-8-9;2*1-3-4-2;/h2*9H,2-8H2,1H3;2*1,3-4H2,2H3;/q;;;;+2/p-2. The predicted octanol–water partition coefficient (Wildman–Crippen LogP) is 8.65. The van der Waals surface area contributed by atoms with Crippen LogP contribution in [-0.4, -0.2) is 35.4 Å². The maximum atomic E-state index is 4.83. The van der Waals surface area contributed by atoms with E-state index in [-0.39, 0.29) is 23.9 Å². The van der Waals surface area contributed by atoms with Crippen molar-refractivity contribution in [1.82, 2.24) is 0 Å². The molecule has 0 heterocycles. The van der Waals surface area contributed by atoms with Crippen LogP contribution >= 0.6 is 0 Å². The average molecular weight is 524 g/mol. The second kappa shape index (κ2) is 50.8. The third-order valence-electron chi connectivity index (χ3n) is 3.70. The van der Waals surface area contributed by atoms with Gasteiger partial charge in [0.2, 0.25) is 0 Å². The van der Waals surface area contributed by atoms with Gasteiger partial charge in [0.15, 0.2) is 0 Å². The fourth-order valence-corrected chi connectivity index (χ4v) is 2.17. The number of unbranched alkanes of at least 4 members (excludes halogenated alkanes) is 12. The second-order valence-corrected chi connectivity index (χ2v) is 7.47. The first kappa shape index (κ1) is 39.0. The molecule has 0 bridgehead atoms. The zero-order valence-electron chi connectivity index (χ0n) is 19.5. The molecular weight excluding hydrogens is 471 g/mol. The molecule has 0 aromatic rings. The van der Waals surface area contributed by atoms with E-state index in [2.05, 4.69) is 41.5 Å². The van der Waals surface area contributed by atoms with Gasteiger partial charge in [0.05, 0.1) is 0 Å². The van der Waals surface area contributed by atoms with Gasteiger partial charge in [-0.3, -0.25) is 0 Å². The summed E-state index contributed by atoms with van der Waals surface area (Å²) in [5.74, 6) is 1.90. The Morgan fingerprint density at radius 2 is 0.667 bits per heavy atom. The van der Waals surface area contributed by atoms with E-state index in [0.29, 0.717) is 0 Å². The van der Waals surface area contributed by atoms with Crippen LogP contribution in [0, 0.1) is 13.8 Å². The molecule has 4 radical (unpaired) electrons. The molecular formula is C24H52S2Sn. The van der Waals surface area contributed by atoms with Crippen LogP contribution in [0.5, 0.6) is 0 Å². The molecule has 164 valence electrons. The van der Waals surface area contributed by atoms with Gasteiger partial charge in [-0.15, -0.1) is 0 Å². The van der Waals surface area contributed by atoms with Crippen molar-refractivity contribution in [1.29, 1.82) is 0 Å². The van der Waals surface area contributed by atoms with Crippen molar-refractivity contribution in [2.45, 2.75) is 130 Å². The minimum absolute atomic E-state index is 0. The van der Waals surface area contributed by atoms with E-state index >= 15 is 0 Å². The third kappa shape index (κ3) is 74.4. The van der Waals surface area contributed by atoms with Crippen LogP contribution in [0.3, 0.4) is 0 Å². The van der Waals surface area contributed by atoms with Gasteiger partial charge in [0, 0.05) is 0 Å². The molecule has 0 N–H and O–H groups in total. The normalized spacial score (nSPS) is 8.89. The van der Waals surface area contributed by atoms with Crippen molar-refractivity contribution in [3.05, 3.63) is 13.8 Å². The molecule has 0 nitrogen and oxygen atoms in total. The molecule has 0 aliphatic carbocycles. The predicted molar refractivity (Wildman–Crippen MR) is 138 cm³/mol. The largest absolute Gasteiger partial charge is 2.00 e. The van der Waals surface area contributed by atoms with E-state index in [1.54, 1.807) is 0 Å². The van der Waals surface area contributed by atoms with E-state index in [4.69, 9.17) is 25.3 Å². The summed E-state index contributed by atoms with van der Waals surface area (Å²) in [6.07, 6.45) is 20.8. The monoisotopic (exact) mass is 524 g/mol. The van der Waals surface area contributed by atoms with Gasteiger partial charge in [-0.25, -0.2) is 0 Å². The van der Waals surface area contributed by atoms with Gasteiger partial charge in [0.1, 0.15) is 0 Å².